The normalized spacial score (nSPS) is 9.76. The van der Waals surface area contributed by atoms with E-state index in [0.29, 0.717) is 24.5 Å². The summed E-state index contributed by atoms with van der Waals surface area (Å²) in [5, 5.41) is 11.5. The molecule has 17 heavy (non-hydrogen) atoms. The molecule has 0 unspecified atom stereocenters. The zero-order chi connectivity index (χ0) is 12.7. The average Bonchev–Trinajstić information content (AvgIpc) is 2.34. The summed E-state index contributed by atoms with van der Waals surface area (Å²) in [6.07, 6.45) is 0. The van der Waals surface area contributed by atoms with Gasteiger partial charge < -0.3 is 10.1 Å². The first-order chi connectivity index (χ1) is 8.13. The van der Waals surface area contributed by atoms with Gasteiger partial charge in [0.25, 0.3) is 0 Å². The van der Waals surface area contributed by atoms with E-state index in [4.69, 9.17) is 10.00 Å². The second kappa shape index (κ2) is 6.54. The van der Waals surface area contributed by atoms with Gasteiger partial charge >= 0.3 is 0 Å². The van der Waals surface area contributed by atoms with Gasteiger partial charge in [-0.25, -0.2) is 0 Å². The van der Waals surface area contributed by atoms with Crippen LogP contribution in [-0.4, -0.2) is 19.1 Å². The molecule has 0 aliphatic rings. The standard InChI is InChI=1S/C13H16N2O2/c1-10(2)13(16)15-6-7-17-12-5-3-4-11(8-12)9-14/h3-5,8,10H,6-7H2,1-2H3,(H,15,16). The molecule has 1 aromatic carbocycles. The van der Waals surface area contributed by atoms with Crippen LogP contribution in [0.25, 0.3) is 0 Å². The Labute approximate surface area is 101 Å². The number of hydrogen-bond acceptors (Lipinski definition) is 3. The number of amides is 1. The van der Waals surface area contributed by atoms with Crippen LogP contribution in [0.15, 0.2) is 24.3 Å². The fraction of sp³-hybridized carbons (Fsp3) is 0.385. The summed E-state index contributed by atoms with van der Waals surface area (Å²) in [4.78, 5) is 11.2. The number of hydrogen-bond donors (Lipinski definition) is 1. The highest BCUT2D eigenvalue weighted by Crippen LogP contribution is 2.11. The van der Waals surface area contributed by atoms with Crippen molar-refractivity contribution in [3.63, 3.8) is 0 Å². The molecule has 90 valence electrons. The molecule has 0 radical (unpaired) electrons. The Morgan fingerprint density at radius 2 is 2.29 bits per heavy atom. The van der Waals surface area contributed by atoms with Crippen LogP contribution in [-0.2, 0) is 4.79 Å². The molecule has 0 bridgehead atoms. The highest BCUT2D eigenvalue weighted by molar-refractivity contribution is 5.77. The molecule has 1 amide bonds. The van der Waals surface area contributed by atoms with E-state index >= 15 is 0 Å². The van der Waals surface area contributed by atoms with Crippen LogP contribution in [0.3, 0.4) is 0 Å². The number of nitriles is 1. The van der Waals surface area contributed by atoms with Crippen molar-refractivity contribution in [1.29, 1.82) is 5.26 Å². The zero-order valence-corrected chi connectivity index (χ0v) is 10.1. The molecular formula is C13H16N2O2. The maximum absolute atomic E-state index is 11.2. The summed E-state index contributed by atoms with van der Waals surface area (Å²) in [6, 6.07) is 8.98. The van der Waals surface area contributed by atoms with Gasteiger partial charge in [0.1, 0.15) is 12.4 Å². The third kappa shape index (κ3) is 4.56. The molecule has 0 heterocycles. The minimum Gasteiger partial charge on any atom is -0.492 e. The Bertz CT molecular complexity index is 422. The molecule has 0 aliphatic heterocycles. The van der Waals surface area contributed by atoms with Crippen molar-refractivity contribution in [2.75, 3.05) is 13.2 Å². The first-order valence-corrected chi connectivity index (χ1v) is 5.54. The summed E-state index contributed by atoms with van der Waals surface area (Å²) in [5.41, 5.74) is 0.564. The van der Waals surface area contributed by atoms with Gasteiger partial charge in [-0.15, -0.1) is 0 Å². The fourth-order valence-corrected chi connectivity index (χ4v) is 1.20. The van der Waals surface area contributed by atoms with Gasteiger partial charge in [0, 0.05) is 5.92 Å². The molecule has 0 fully saturated rings. The molecule has 0 saturated carbocycles. The third-order valence-corrected chi connectivity index (χ3v) is 2.16. The van der Waals surface area contributed by atoms with E-state index < -0.39 is 0 Å². The Balaban J connectivity index is 2.31. The summed E-state index contributed by atoms with van der Waals surface area (Å²) in [5.74, 6) is 0.638. The van der Waals surface area contributed by atoms with Crippen LogP contribution in [0.4, 0.5) is 0 Å². The highest BCUT2D eigenvalue weighted by atomic mass is 16.5. The van der Waals surface area contributed by atoms with E-state index in [9.17, 15) is 4.79 Å². The average molecular weight is 232 g/mol. The van der Waals surface area contributed by atoms with E-state index in [1.54, 1.807) is 24.3 Å². The van der Waals surface area contributed by atoms with Crippen molar-refractivity contribution >= 4 is 5.91 Å². The summed E-state index contributed by atoms with van der Waals surface area (Å²) < 4.78 is 5.41. The molecule has 0 atom stereocenters. The lowest BCUT2D eigenvalue weighted by atomic mass is 10.2. The Hall–Kier alpha value is -2.02. The van der Waals surface area contributed by atoms with E-state index in [0.717, 1.165) is 0 Å². The summed E-state index contributed by atoms with van der Waals surface area (Å²) in [7, 11) is 0. The predicted molar refractivity (Wildman–Crippen MR) is 64.5 cm³/mol. The lowest BCUT2D eigenvalue weighted by Gasteiger charge is -2.09. The van der Waals surface area contributed by atoms with Gasteiger partial charge in [-0.3, -0.25) is 4.79 Å². The molecule has 1 rings (SSSR count). The summed E-state index contributed by atoms with van der Waals surface area (Å²) >= 11 is 0. The fourth-order valence-electron chi connectivity index (χ4n) is 1.20. The van der Waals surface area contributed by atoms with E-state index in [1.807, 2.05) is 19.9 Å². The maximum Gasteiger partial charge on any atom is 0.222 e. The minimum atomic E-state index is -0.0167. The monoisotopic (exact) mass is 232 g/mol. The van der Waals surface area contributed by atoms with Crippen molar-refractivity contribution in [2.24, 2.45) is 5.92 Å². The van der Waals surface area contributed by atoms with Crippen LogP contribution in [0.2, 0.25) is 0 Å². The van der Waals surface area contributed by atoms with Crippen molar-refractivity contribution < 1.29 is 9.53 Å². The molecular weight excluding hydrogens is 216 g/mol. The molecule has 1 N–H and O–H groups in total. The quantitative estimate of drug-likeness (QED) is 0.786. The van der Waals surface area contributed by atoms with Gasteiger partial charge in [-0.1, -0.05) is 19.9 Å². The van der Waals surface area contributed by atoms with Gasteiger partial charge in [-0.2, -0.15) is 5.26 Å². The number of benzene rings is 1. The van der Waals surface area contributed by atoms with Crippen LogP contribution in [0.1, 0.15) is 19.4 Å². The van der Waals surface area contributed by atoms with Gasteiger partial charge in [-0.05, 0) is 18.2 Å². The first kappa shape index (κ1) is 13.0. The second-order valence-corrected chi connectivity index (χ2v) is 3.93. The molecule has 4 heteroatoms. The maximum atomic E-state index is 11.2. The lowest BCUT2D eigenvalue weighted by Crippen LogP contribution is -2.31. The number of rotatable bonds is 5. The number of carbonyl (C=O) groups is 1. The number of nitrogens with one attached hydrogen (secondary N) is 1. The molecule has 0 aromatic heterocycles. The second-order valence-electron chi connectivity index (χ2n) is 3.93. The highest BCUT2D eigenvalue weighted by Gasteiger charge is 2.04. The van der Waals surface area contributed by atoms with E-state index in [1.165, 1.54) is 0 Å². The van der Waals surface area contributed by atoms with Crippen LogP contribution >= 0.6 is 0 Å². The van der Waals surface area contributed by atoms with Crippen molar-refractivity contribution in [1.82, 2.24) is 5.32 Å². The van der Waals surface area contributed by atoms with Crippen LogP contribution in [0, 0.1) is 17.2 Å². The summed E-state index contributed by atoms with van der Waals surface area (Å²) in [6.45, 7) is 4.54. The number of carbonyl (C=O) groups excluding carboxylic acids is 1. The Kier molecular flexibility index (Phi) is 5.02. The topological polar surface area (TPSA) is 62.1 Å². The molecule has 0 spiro atoms. The van der Waals surface area contributed by atoms with Gasteiger partial charge in [0.05, 0.1) is 18.2 Å². The first-order valence-electron chi connectivity index (χ1n) is 5.54. The van der Waals surface area contributed by atoms with Crippen molar-refractivity contribution in [3.8, 4) is 11.8 Å². The smallest absolute Gasteiger partial charge is 0.222 e. The Morgan fingerprint density at radius 1 is 1.53 bits per heavy atom. The van der Waals surface area contributed by atoms with Crippen molar-refractivity contribution in [3.05, 3.63) is 29.8 Å². The zero-order valence-electron chi connectivity index (χ0n) is 10.1. The molecule has 4 nitrogen and oxygen atoms in total. The molecule has 0 aliphatic carbocycles. The third-order valence-electron chi connectivity index (χ3n) is 2.16. The van der Waals surface area contributed by atoms with E-state index in [2.05, 4.69) is 5.32 Å². The number of nitrogens with zero attached hydrogens (tertiary/aromatic N) is 1. The Morgan fingerprint density at radius 3 is 2.94 bits per heavy atom. The predicted octanol–water partition coefficient (Wildman–Crippen LogP) is 1.71. The molecule has 1 aromatic rings. The SMILES string of the molecule is CC(C)C(=O)NCCOc1cccc(C#N)c1. The van der Waals surface area contributed by atoms with Crippen molar-refractivity contribution in [2.45, 2.75) is 13.8 Å². The number of ether oxygens (including phenoxy) is 1. The van der Waals surface area contributed by atoms with Gasteiger partial charge in [0.15, 0.2) is 0 Å². The lowest BCUT2D eigenvalue weighted by molar-refractivity contribution is -0.124. The van der Waals surface area contributed by atoms with Crippen LogP contribution < -0.4 is 10.1 Å². The molecule has 0 saturated heterocycles. The minimum absolute atomic E-state index is 0.0133. The van der Waals surface area contributed by atoms with E-state index in [-0.39, 0.29) is 11.8 Å². The van der Waals surface area contributed by atoms with Crippen LogP contribution in [0.5, 0.6) is 5.75 Å². The van der Waals surface area contributed by atoms with Gasteiger partial charge in [0.2, 0.25) is 5.91 Å². The largest absolute Gasteiger partial charge is 0.492 e.